The van der Waals surface area contributed by atoms with Crippen LogP contribution >= 0.6 is 12.4 Å². The van der Waals surface area contributed by atoms with Gasteiger partial charge in [-0.1, -0.05) is 0 Å². The molecule has 0 aromatic rings. The molecule has 1 aliphatic heterocycles. The highest BCUT2D eigenvalue weighted by Crippen LogP contribution is 2.49. The molecule has 3 nitrogen and oxygen atoms in total. The number of aliphatic hydroxyl groups excluding tert-OH is 2. The maximum absolute atomic E-state index is 9.44. The van der Waals surface area contributed by atoms with E-state index in [1.54, 1.807) is 0 Å². The number of halogens is 1. The molecule has 1 aliphatic carbocycles. The average Bonchev–Trinajstić information content (AvgIpc) is 2.69. The quantitative estimate of drug-likeness (QED) is 0.504. The van der Waals surface area contributed by atoms with Crippen LogP contribution in [0.15, 0.2) is 0 Å². The van der Waals surface area contributed by atoms with Crippen LogP contribution in [-0.4, -0.2) is 35.5 Å². The molecule has 3 N–H and O–H groups in total. The van der Waals surface area contributed by atoms with Crippen molar-refractivity contribution in [2.45, 2.75) is 31.5 Å². The lowest BCUT2D eigenvalue weighted by atomic mass is 9.98. The molecule has 0 unspecified atom stereocenters. The van der Waals surface area contributed by atoms with Gasteiger partial charge in [-0.2, -0.15) is 0 Å². The van der Waals surface area contributed by atoms with Gasteiger partial charge in [0.2, 0.25) is 0 Å². The highest BCUT2D eigenvalue weighted by molar-refractivity contribution is 5.85. The van der Waals surface area contributed by atoms with Gasteiger partial charge in [0, 0.05) is 13.1 Å². The minimum absolute atomic E-state index is 0. The Balaban J connectivity index is 0.000000720. The van der Waals surface area contributed by atoms with Crippen molar-refractivity contribution >= 4 is 12.4 Å². The van der Waals surface area contributed by atoms with Crippen molar-refractivity contribution < 1.29 is 10.2 Å². The van der Waals surface area contributed by atoms with E-state index in [0.29, 0.717) is 12.0 Å². The lowest BCUT2D eigenvalue weighted by Gasteiger charge is -2.15. The Kier molecular flexibility index (Phi) is 2.99. The fraction of sp³-hybridized carbons (Fsp3) is 1.00. The summed E-state index contributed by atoms with van der Waals surface area (Å²) in [4.78, 5) is 0. The zero-order valence-corrected chi connectivity index (χ0v) is 7.81. The molecule has 0 aromatic carbocycles. The van der Waals surface area contributed by atoms with Crippen molar-refractivity contribution in [3.8, 4) is 0 Å². The Morgan fingerprint density at radius 1 is 1.17 bits per heavy atom. The van der Waals surface area contributed by atoms with E-state index in [9.17, 15) is 10.2 Å². The van der Waals surface area contributed by atoms with Gasteiger partial charge in [-0.25, -0.2) is 0 Å². The SMILES string of the molecule is Cl.O[C@@H]1CC2(CC2)CNC[C@@H]1O. The van der Waals surface area contributed by atoms with Crippen molar-refractivity contribution in [2.75, 3.05) is 13.1 Å². The van der Waals surface area contributed by atoms with E-state index in [0.717, 1.165) is 13.0 Å². The molecule has 0 bridgehead atoms. The van der Waals surface area contributed by atoms with Crippen LogP contribution in [0.1, 0.15) is 19.3 Å². The summed E-state index contributed by atoms with van der Waals surface area (Å²) in [5.41, 5.74) is 0.344. The zero-order chi connectivity index (χ0) is 7.90. The summed E-state index contributed by atoms with van der Waals surface area (Å²) in [6.07, 6.45) is 2.14. The van der Waals surface area contributed by atoms with Crippen LogP contribution in [0.4, 0.5) is 0 Å². The predicted molar refractivity (Wildman–Crippen MR) is 48.4 cm³/mol. The first-order chi connectivity index (χ1) is 5.22. The molecule has 2 aliphatic rings. The first kappa shape index (κ1) is 10.3. The minimum Gasteiger partial charge on any atom is -0.390 e. The average molecular weight is 194 g/mol. The fourth-order valence-electron chi connectivity index (χ4n) is 1.83. The van der Waals surface area contributed by atoms with Gasteiger partial charge in [0.25, 0.3) is 0 Å². The smallest absolute Gasteiger partial charge is 0.0923 e. The molecular weight excluding hydrogens is 178 g/mol. The number of rotatable bonds is 0. The lowest BCUT2D eigenvalue weighted by molar-refractivity contribution is 0.0156. The third kappa shape index (κ3) is 1.91. The molecule has 2 rings (SSSR count). The van der Waals surface area contributed by atoms with Gasteiger partial charge in [0.15, 0.2) is 0 Å². The minimum atomic E-state index is -0.560. The number of hydrogen-bond acceptors (Lipinski definition) is 3. The van der Waals surface area contributed by atoms with Crippen LogP contribution in [0, 0.1) is 5.41 Å². The second kappa shape index (κ2) is 3.50. The Hall–Kier alpha value is 0.170. The Bertz CT molecular complexity index is 161. The number of aliphatic hydroxyl groups is 2. The van der Waals surface area contributed by atoms with Crippen molar-refractivity contribution in [3.63, 3.8) is 0 Å². The molecule has 1 heterocycles. The highest BCUT2D eigenvalue weighted by Gasteiger charge is 2.46. The largest absolute Gasteiger partial charge is 0.390 e. The normalized spacial score (nSPS) is 38.5. The van der Waals surface area contributed by atoms with Gasteiger partial charge in [-0.05, 0) is 24.7 Å². The molecule has 0 aromatic heterocycles. The van der Waals surface area contributed by atoms with Gasteiger partial charge in [0.05, 0.1) is 12.2 Å². The van der Waals surface area contributed by atoms with Crippen LogP contribution in [0.25, 0.3) is 0 Å². The Morgan fingerprint density at radius 3 is 2.42 bits per heavy atom. The van der Waals surface area contributed by atoms with E-state index in [1.165, 1.54) is 12.8 Å². The Morgan fingerprint density at radius 2 is 1.83 bits per heavy atom. The molecule has 2 atom stereocenters. The maximum atomic E-state index is 9.44. The predicted octanol–water partition coefficient (Wildman–Crippen LogP) is -0.0965. The van der Waals surface area contributed by atoms with E-state index in [-0.39, 0.29) is 12.4 Å². The first-order valence-electron chi connectivity index (χ1n) is 4.29. The van der Waals surface area contributed by atoms with Gasteiger partial charge in [-0.15, -0.1) is 12.4 Å². The van der Waals surface area contributed by atoms with Crippen LogP contribution in [0.2, 0.25) is 0 Å². The summed E-state index contributed by atoms with van der Waals surface area (Å²) in [6, 6.07) is 0. The standard InChI is InChI=1S/C8H15NO2.ClH/c10-6-3-8(1-2-8)5-9-4-7(6)11;/h6-7,9-11H,1-5H2;1H/t6-,7+;/m1./s1. The van der Waals surface area contributed by atoms with Gasteiger partial charge < -0.3 is 15.5 Å². The van der Waals surface area contributed by atoms with Crippen molar-refractivity contribution in [1.82, 2.24) is 5.32 Å². The third-order valence-electron chi connectivity index (χ3n) is 2.90. The number of hydrogen-bond donors (Lipinski definition) is 3. The van der Waals surface area contributed by atoms with Gasteiger partial charge in [-0.3, -0.25) is 0 Å². The van der Waals surface area contributed by atoms with E-state index in [1.807, 2.05) is 0 Å². The van der Waals surface area contributed by atoms with E-state index >= 15 is 0 Å². The number of β-amino-alcohol motifs (C(OH)–C–C–N with tert-alkyl or cyclic N) is 1. The monoisotopic (exact) mass is 193 g/mol. The molecule has 0 radical (unpaired) electrons. The lowest BCUT2D eigenvalue weighted by Crippen LogP contribution is -2.32. The van der Waals surface area contributed by atoms with Crippen molar-refractivity contribution in [1.29, 1.82) is 0 Å². The zero-order valence-electron chi connectivity index (χ0n) is 6.99. The molecule has 2 fully saturated rings. The molecule has 4 heteroatoms. The summed E-state index contributed by atoms with van der Waals surface area (Å²) in [5.74, 6) is 0. The van der Waals surface area contributed by atoms with E-state index < -0.39 is 12.2 Å². The first-order valence-corrected chi connectivity index (χ1v) is 4.29. The second-order valence-corrected chi connectivity index (χ2v) is 3.97. The molecule has 1 spiro atoms. The highest BCUT2D eigenvalue weighted by atomic mass is 35.5. The summed E-state index contributed by atoms with van der Waals surface area (Å²) in [6.45, 7) is 1.52. The molecule has 0 amide bonds. The van der Waals surface area contributed by atoms with E-state index in [4.69, 9.17) is 0 Å². The third-order valence-corrected chi connectivity index (χ3v) is 2.90. The summed E-state index contributed by atoms with van der Waals surface area (Å²) in [7, 11) is 0. The molecular formula is C8H16ClNO2. The summed E-state index contributed by atoms with van der Waals surface area (Å²) in [5, 5.41) is 21.9. The van der Waals surface area contributed by atoms with E-state index in [2.05, 4.69) is 5.32 Å². The summed E-state index contributed by atoms with van der Waals surface area (Å²) >= 11 is 0. The van der Waals surface area contributed by atoms with Crippen LogP contribution in [0.5, 0.6) is 0 Å². The summed E-state index contributed by atoms with van der Waals surface area (Å²) < 4.78 is 0. The van der Waals surface area contributed by atoms with Crippen LogP contribution in [0.3, 0.4) is 0 Å². The maximum Gasteiger partial charge on any atom is 0.0923 e. The molecule has 72 valence electrons. The molecule has 1 saturated carbocycles. The van der Waals surface area contributed by atoms with Gasteiger partial charge >= 0.3 is 0 Å². The van der Waals surface area contributed by atoms with Gasteiger partial charge in [0.1, 0.15) is 0 Å². The van der Waals surface area contributed by atoms with Crippen LogP contribution in [-0.2, 0) is 0 Å². The second-order valence-electron chi connectivity index (χ2n) is 3.97. The Labute approximate surface area is 78.6 Å². The van der Waals surface area contributed by atoms with Crippen LogP contribution < -0.4 is 5.32 Å². The molecule has 1 saturated heterocycles. The molecule has 12 heavy (non-hydrogen) atoms. The fourth-order valence-corrected chi connectivity index (χ4v) is 1.83. The van der Waals surface area contributed by atoms with Crippen molar-refractivity contribution in [2.24, 2.45) is 5.41 Å². The number of nitrogens with one attached hydrogen (secondary N) is 1. The topological polar surface area (TPSA) is 52.5 Å². The van der Waals surface area contributed by atoms with Crippen molar-refractivity contribution in [3.05, 3.63) is 0 Å².